The molecule has 0 aliphatic carbocycles. The van der Waals surface area contributed by atoms with Gasteiger partial charge in [-0.1, -0.05) is 0 Å². The van der Waals surface area contributed by atoms with Gasteiger partial charge in [0.15, 0.2) is 0 Å². The molecule has 0 aromatic rings. The molecule has 0 bridgehead atoms. The topological polar surface area (TPSA) is 57.5 Å². The Morgan fingerprint density at radius 2 is 1.86 bits per heavy atom. The Morgan fingerprint density at radius 3 is 1.86 bits per heavy atom. The van der Waals surface area contributed by atoms with Crippen molar-refractivity contribution in [3.63, 3.8) is 0 Å². The molecule has 0 fully saturated rings. The first-order valence-electron chi connectivity index (χ1n) is 1.55. The number of aliphatic hydroxyl groups is 1. The van der Waals surface area contributed by atoms with Crippen LogP contribution in [0, 0.1) is 0 Å². The summed E-state index contributed by atoms with van der Waals surface area (Å²) >= 11 is 0. The summed E-state index contributed by atoms with van der Waals surface area (Å²) in [6, 6.07) is 0. The molecule has 1 unspecified atom stereocenters. The maximum atomic E-state index is 9.45. The van der Waals surface area contributed by atoms with Gasteiger partial charge in [0.1, 0.15) is 6.10 Å². The molecule has 0 saturated carbocycles. The minimum absolute atomic E-state index is 0. The average molecular weight is 138 g/mol. The van der Waals surface area contributed by atoms with Crippen LogP contribution in [0.25, 0.3) is 0 Å². The third kappa shape index (κ3) is 6.14. The first-order chi connectivity index (χ1) is 2.64. The van der Waals surface area contributed by atoms with Crippen LogP contribution in [0.5, 0.6) is 0 Å². The fourth-order valence-corrected chi connectivity index (χ4v) is 0. The smallest absolute Gasteiger partial charge is 0.479 e. The van der Waals surface area contributed by atoms with Crippen molar-refractivity contribution in [2.45, 2.75) is 13.0 Å². The van der Waals surface area contributed by atoms with E-state index in [0.717, 1.165) is 0 Å². The average Bonchev–Trinajstić information content (AvgIpc) is 1.36. The van der Waals surface area contributed by atoms with Crippen LogP contribution in [0.15, 0.2) is 0 Å². The first-order valence-corrected chi connectivity index (χ1v) is 1.55. The van der Waals surface area contributed by atoms with E-state index in [1.54, 1.807) is 0 Å². The first kappa shape index (κ1) is 10.2. The van der Waals surface area contributed by atoms with E-state index in [1.807, 2.05) is 0 Å². The SMILES string of the molecule is CC(O)C(=O)O.[Ti+2]. The van der Waals surface area contributed by atoms with Crippen molar-refractivity contribution >= 4 is 5.97 Å². The van der Waals surface area contributed by atoms with Crippen molar-refractivity contribution in [3.05, 3.63) is 0 Å². The molecule has 38 valence electrons. The summed E-state index contributed by atoms with van der Waals surface area (Å²) in [5.74, 6) is -1.19. The quantitative estimate of drug-likeness (QED) is 0.478. The van der Waals surface area contributed by atoms with Gasteiger partial charge in [-0.05, 0) is 6.92 Å². The molecule has 0 aliphatic heterocycles. The summed E-state index contributed by atoms with van der Waals surface area (Å²) in [5, 5.41) is 15.8. The van der Waals surface area contributed by atoms with Gasteiger partial charge in [-0.3, -0.25) is 0 Å². The van der Waals surface area contributed by atoms with Crippen molar-refractivity contribution < 1.29 is 36.7 Å². The van der Waals surface area contributed by atoms with E-state index < -0.39 is 12.1 Å². The van der Waals surface area contributed by atoms with E-state index in [2.05, 4.69) is 0 Å². The van der Waals surface area contributed by atoms with Gasteiger partial charge in [-0.25, -0.2) is 4.79 Å². The summed E-state index contributed by atoms with van der Waals surface area (Å²) in [4.78, 5) is 9.45. The second-order valence-corrected chi connectivity index (χ2v) is 1.01. The fraction of sp³-hybridized carbons (Fsp3) is 0.667. The Hall–Kier alpha value is 0.144. The van der Waals surface area contributed by atoms with Crippen LogP contribution in [0.2, 0.25) is 0 Å². The van der Waals surface area contributed by atoms with Crippen LogP contribution in [-0.2, 0) is 26.5 Å². The molecule has 0 aromatic carbocycles. The third-order valence-electron chi connectivity index (χ3n) is 0.357. The Balaban J connectivity index is 0. The van der Waals surface area contributed by atoms with Gasteiger partial charge in [-0.2, -0.15) is 0 Å². The van der Waals surface area contributed by atoms with Gasteiger partial charge in [0, 0.05) is 0 Å². The maximum absolute atomic E-state index is 9.45. The molecule has 0 aliphatic rings. The number of hydrogen-bond donors (Lipinski definition) is 2. The van der Waals surface area contributed by atoms with Crippen LogP contribution in [-0.4, -0.2) is 22.3 Å². The standard InChI is InChI=1S/C3H6O3.Ti/c1-2(4)3(5)6;/h2,4H,1H3,(H,5,6);/q;+2. The van der Waals surface area contributed by atoms with E-state index in [1.165, 1.54) is 6.92 Å². The summed E-state index contributed by atoms with van der Waals surface area (Å²) in [7, 11) is 0. The molecule has 7 heavy (non-hydrogen) atoms. The molecule has 0 heterocycles. The largest absolute Gasteiger partial charge is 2.00 e. The second kappa shape index (κ2) is 4.31. The Morgan fingerprint density at radius 1 is 1.71 bits per heavy atom. The molecule has 3 nitrogen and oxygen atoms in total. The zero-order valence-corrected chi connectivity index (χ0v) is 5.44. The molecular formula is C3H6O3Ti+2. The second-order valence-electron chi connectivity index (χ2n) is 1.01. The number of carboxylic acid groups (broad SMARTS) is 1. The van der Waals surface area contributed by atoms with Crippen LogP contribution in [0.3, 0.4) is 0 Å². The minimum Gasteiger partial charge on any atom is -0.479 e. The van der Waals surface area contributed by atoms with Crippen LogP contribution in [0.1, 0.15) is 6.92 Å². The van der Waals surface area contributed by atoms with Gasteiger partial charge in [0.2, 0.25) is 0 Å². The normalized spacial score (nSPS) is 11.7. The third-order valence-corrected chi connectivity index (χ3v) is 0.357. The Bertz CT molecular complexity index is 61.2. The molecule has 0 rings (SSSR count). The van der Waals surface area contributed by atoms with Gasteiger partial charge >= 0.3 is 27.7 Å². The Kier molecular flexibility index (Phi) is 6.27. The Labute approximate surface area is 56.2 Å². The van der Waals surface area contributed by atoms with Crippen LogP contribution in [0.4, 0.5) is 0 Å². The van der Waals surface area contributed by atoms with Crippen molar-refractivity contribution in [1.29, 1.82) is 0 Å². The van der Waals surface area contributed by atoms with Crippen LogP contribution < -0.4 is 0 Å². The van der Waals surface area contributed by atoms with Crippen molar-refractivity contribution in [2.75, 3.05) is 0 Å². The summed E-state index contributed by atoms with van der Waals surface area (Å²) in [6.45, 7) is 1.20. The molecule has 4 heteroatoms. The summed E-state index contributed by atoms with van der Waals surface area (Å²) in [6.07, 6.45) is -1.23. The number of carbonyl (C=O) groups is 1. The van der Waals surface area contributed by atoms with E-state index in [-0.39, 0.29) is 21.7 Å². The van der Waals surface area contributed by atoms with E-state index in [9.17, 15) is 4.79 Å². The number of carboxylic acids is 1. The van der Waals surface area contributed by atoms with Crippen molar-refractivity contribution in [3.8, 4) is 0 Å². The zero-order chi connectivity index (χ0) is 5.15. The molecule has 1 atom stereocenters. The fourth-order valence-electron chi connectivity index (χ4n) is 0. The molecule has 0 saturated heterocycles. The molecule has 0 amide bonds. The van der Waals surface area contributed by atoms with Crippen LogP contribution >= 0.6 is 0 Å². The summed E-state index contributed by atoms with van der Waals surface area (Å²) in [5.41, 5.74) is 0. The molecule has 0 aromatic heterocycles. The number of aliphatic carboxylic acids is 1. The number of rotatable bonds is 1. The van der Waals surface area contributed by atoms with E-state index in [0.29, 0.717) is 0 Å². The number of aliphatic hydroxyl groups excluding tert-OH is 1. The van der Waals surface area contributed by atoms with Gasteiger partial charge in [0.25, 0.3) is 0 Å². The molecule has 0 spiro atoms. The predicted octanol–water partition coefficient (Wildman–Crippen LogP) is -0.551. The van der Waals surface area contributed by atoms with Gasteiger partial charge in [0.05, 0.1) is 0 Å². The minimum atomic E-state index is -1.23. The van der Waals surface area contributed by atoms with Gasteiger partial charge in [-0.15, -0.1) is 0 Å². The summed E-state index contributed by atoms with van der Waals surface area (Å²) < 4.78 is 0. The molecule has 2 N–H and O–H groups in total. The van der Waals surface area contributed by atoms with Crippen molar-refractivity contribution in [1.82, 2.24) is 0 Å². The van der Waals surface area contributed by atoms with E-state index in [4.69, 9.17) is 10.2 Å². The molecule has 0 radical (unpaired) electrons. The molecular weight excluding hydrogens is 132 g/mol. The van der Waals surface area contributed by atoms with Gasteiger partial charge < -0.3 is 10.2 Å². The number of hydrogen-bond acceptors (Lipinski definition) is 2. The monoisotopic (exact) mass is 138 g/mol. The zero-order valence-electron chi connectivity index (χ0n) is 3.88. The van der Waals surface area contributed by atoms with E-state index >= 15 is 0 Å². The maximum Gasteiger partial charge on any atom is 2.00 e. The van der Waals surface area contributed by atoms with Crippen molar-refractivity contribution in [2.24, 2.45) is 0 Å². The predicted molar refractivity (Wildman–Crippen MR) is 19.3 cm³/mol.